The van der Waals surface area contributed by atoms with Gasteiger partial charge in [-0.25, -0.2) is 4.98 Å². The van der Waals surface area contributed by atoms with Crippen molar-refractivity contribution in [2.24, 2.45) is 4.99 Å². The van der Waals surface area contributed by atoms with Gasteiger partial charge in [0.25, 0.3) is 0 Å². The summed E-state index contributed by atoms with van der Waals surface area (Å²) in [6.45, 7) is 4.26. The normalized spacial score (nSPS) is 21.9. The lowest BCUT2D eigenvalue weighted by molar-refractivity contribution is 0.0224. The Hall–Kier alpha value is -1.81. The van der Waals surface area contributed by atoms with Crippen LogP contribution in [0.1, 0.15) is 31.4 Å². The second-order valence-electron chi connectivity index (χ2n) is 7.70. The van der Waals surface area contributed by atoms with Gasteiger partial charge in [0.1, 0.15) is 11.6 Å². The van der Waals surface area contributed by atoms with Crippen molar-refractivity contribution in [1.82, 2.24) is 15.6 Å². The fourth-order valence-electron chi connectivity index (χ4n) is 3.88. The maximum Gasteiger partial charge on any atom is 0.191 e. The number of hydrogen-bond acceptors (Lipinski definition) is 5. The van der Waals surface area contributed by atoms with Gasteiger partial charge in [-0.3, -0.25) is 4.99 Å². The zero-order valence-electron chi connectivity index (χ0n) is 17.3. The largest absolute Gasteiger partial charge is 0.469 e. The van der Waals surface area contributed by atoms with Crippen LogP contribution in [0.4, 0.5) is 5.82 Å². The van der Waals surface area contributed by atoms with Crippen molar-refractivity contribution in [2.75, 3.05) is 37.7 Å². The van der Waals surface area contributed by atoms with E-state index in [0.29, 0.717) is 12.6 Å². The molecular weight excluding hydrogens is 493 g/mol. The van der Waals surface area contributed by atoms with Gasteiger partial charge >= 0.3 is 0 Å². The zero-order valence-corrected chi connectivity index (χ0v) is 19.7. The molecule has 2 aliphatic heterocycles. The molecule has 164 valence electrons. The Balaban J connectivity index is 0.00000256. The first-order valence-corrected chi connectivity index (χ1v) is 10.7. The smallest absolute Gasteiger partial charge is 0.191 e. The van der Waals surface area contributed by atoms with Crippen molar-refractivity contribution in [3.63, 3.8) is 0 Å². The fourth-order valence-corrected chi connectivity index (χ4v) is 3.88. The molecule has 4 heterocycles. The van der Waals surface area contributed by atoms with Crippen molar-refractivity contribution < 1.29 is 9.15 Å². The maximum absolute atomic E-state index is 5.84. The lowest BCUT2D eigenvalue weighted by Crippen LogP contribution is -2.45. The highest BCUT2D eigenvalue weighted by Crippen LogP contribution is 2.17. The minimum Gasteiger partial charge on any atom is -0.469 e. The Bertz CT molecular complexity index is 750. The Kier molecular flexibility index (Phi) is 9.26. The molecule has 2 aromatic rings. The van der Waals surface area contributed by atoms with Crippen LogP contribution in [-0.4, -0.2) is 55.9 Å². The molecule has 2 N–H and O–H groups in total. The van der Waals surface area contributed by atoms with Gasteiger partial charge in [0.05, 0.1) is 18.9 Å². The molecule has 7 nitrogen and oxygen atoms in total. The first-order valence-electron chi connectivity index (χ1n) is 10.7. The van der Waals surface area contributed by atoms with E-state index in [4.69, 9.17) is 14.1 Å². The molecule has 2 fully saturated rings. The molecule has 0 aromatic carbocycles. The lowest BCUT2D eigenvalue weighted by Gasteiger charge is -2.23. The fraction of sp³-hybridized carbons (Fsp3) is 0.545. The number of aromatic nitrogens is 1. The third kappa shape index (κ3) is 6.87. The summed E-state index contributed by atoms with van der Waals surface area (Å²) >= 11 is 0. The first-order chi connectivity index (χ1) is 14.4. The monoisotopic (exact) mass is 525 g/mol. The number of nitrogens with one attached hydrogen (secondary N) is 2. The SMILES string of the molecule is I.c1ccc(N2CCC(NC(=NCC3CCCCO3)NCCc3ccco3)C2)nc1. The summed E-state index contributed by atoms with van der Waals surface area (Å²) in [5.41, 5.74) is 0. The third-order valence-corrected chi connectivity index (χ3v) is 5.47. The topological polar surface area (TPSA) is 74.9 Å². The number of rotatable bonds is 7. The van der Waals surface area contributed by atoms with Crippen LogP contribution in [0.2, 0.25) is 0 Å². The molecule has 0 spiro atoms. The second-order valence-corrected chi connectivity index (χ2v) is 7.70. The van der Waals surface area contributed by atoms with Crippen molar-refractivity contribution in [3.8, 4) is 0 Å². The number of anilines is 1. The first kappa shape index (κ1) is 22.9. The van der Waals surface area contributed by atoms with E-state index < -0.39 is 0 Å². The van der Waals surface area contributed by atoms with Crippen molar-refractivity contribution >= 4 is 35.8 Å². The van der Waals surface area contributed by atoms with E-state index in [1.165, 1.54) is 6.42 Å². The number of hydrogen-bond donors (Lipinski definition) is 2. The molecule has 2 atom stereocenters. The molecule has 8 heteroatoms. The third-order valence-electron chi connectivity index (χ3n) is 5.47. The Morgan fingerprint density at radius 2 is 2.17 bits per heavy atom. The van der Waals surface area contributed by atoms with Gasteiger partial charge < -0.3 is 24.7 Å². The summed E-state index contributed by atoms with van der Waals surface area (Å²) in [5.74, 6) is 2.88. The van der Waals surface area contributed by atoms with Gasteiger partial charge in [0.2, 0.25) is 0 Å². The highest BCUT2D eigenvalue weighted by atomic mass is 127. The minimum absolute atomic E-state index is 0. The Labute approximate surface area is 195 Å². The van der Waals surface area contributed by atoms with Crippen LogP contribution in [-0.2, 0) is 11.2 Å². The molecular formula is C22H32IN5O2. The summed E-state index contributed by atoms with van der Waals surface area (Å²) in [5, 5.41) is 7.09. The number of furan rings is 1. The van der Waals surface area contributed by atoms with E-state index in [9.17, 15) is 0 Å². The predicted octanol–water partition coefficient (Wildman–Crippen LogP) is 3.22. The Morgan fingerprint density at radius 1 is 1.20 bits per heavy atom. The van der Waals surface area contributed by atoms with Crippen molar-refractivity contribution in [2.45, 2.75) is 44.2 Å². The lowest BCUT2D eigenvalue weighted by atomic mass is 10.1. The average Bonchev–Trinajstić information content (AvgIpc) is 3.46. The van der Waals surface area contributed by atoms with Crippen LogP contribution in [0.5, 0.6) is 0 Å². The standard InChI is InChI=1S/C22H31N5O2.HI/c1-3-11-23-21(8-1)27-13-10-18(17-27)26-22(24-12-9-19-7-5-15-28-19)25-16-20-6-2-4-14-29-20;/h1,3,5,7-8,11,15,18,20H,2,4,6,9-10,12-14,16-17H2,(H2,24,25,26);1H. The summed E-state index contributed by atoms with van der Waals surface area (Å²) < 4.78 is 11.3. The number of ether oxygens (including phenoxy) is 1. The van der Waals surface area contributed by atoms with Crippen molar-refractivity contribution in [1.29, 1.82) is 0 Å². The quantitative estimate of drug-likeness (QED) is 0.329. The molecule has 4 rings (SSSR count). The molecule has 2 unspecified atom stereocenters. The summed E-state index contributed by atoms with van der Waals surface area (Å²) in [4.78, 5) is 11.6. The maximum atomic E-state index is 5.84. The Morgan fingerprint density at radius 3 is 2.93 bits per heavy atom. The van der Waals surface area contributed by atoms with Gasteiger partial charge in [-0.2, -0.15) is 0 Å². The summed E-state index contributed by atoms with van der Waals surface area (Å²) in [7, 11) is 0. The number of nitrogens with zero attached hydrogens (tertiary/aromatic N) is 3. The van der Waals surface area contributed by atoms with E-state index in [1.54, 1.807) is 6.26 Å². The van der Waals surface area contributed by atoms with Gasteiger partial charge in [-0.15, -0.1) is 24.0 Å². The molecule has 0 radical (unpaired) electrons. The molecule has 2 aliphatic rings. The van der Waals surface area contributed by atoms with Gasteiger partial charge in [-0.05, 0) is 49.9 Å². The number of pyridine rings is 1. The second kappa shape index (κ2) is 12.1. The van der Waals surface area contributed by atoms with Crippen LogP contribution in [0.25, 0.3) is 0 Å². The number of aliphatic imine (C=N–C) groups is 1. The molecule has 2 aromatic heterocycles. The molecule has 2 saturated heterocycles. The van der Waals surface area contributed by atoms with Gasteiger partial charge in [0.15, 0.2) is 5.96 Å². The summed E-state index contributed by atoms with van der Waals surface area (Å²) in [6, 6.07) is 10.3. The summed E-state index contributed by atoms with van der Waals surface area (Å²) in [6.07, 6.45) is 9.19. The van der Waals surface area contributed by atoms with Crippen LogP contribution in [0, 0.1) is 0 Å². The number of halogens is 1. The molecule has 0 bridgehead atoms. The highest BCUT2D eigenvalue weighted by molar-refractivity contribution is 14.0. The minimum atomic E-state index is 0. The average molecular weight is 525 g/mol. The van der Waals surface area contributed by atoms with E-state index in [0.717, 1.165) is 69.5 Å². The van der Waals surface area contributed by atoms with Crippen LogP contribution in [0.15, 0.2) is 52.2 Å². The van der Waals surface area contributed by atoms with E-state index in [-0.39, 0.29) is 30.1 Å². The van der Waals surface area contributed by atoms with E-state index in [1.807, 2.05) is 30.5 Å². The molecule has 0 aliphatic carbocycles. The van der Waals surface area contributed by atoms with Crippen molar-refractivity contribution in [3.05, 3.63) is 48.6 Å². The molecule has 30 heavy (non-hydrogen) atoms. The van der Waals surface area contributed by atoms with Crippen LogP contribution in [0.3, 0.4) is 0 Å². The molecule has 0 saturated carbocycles. The van der Waals surface area contributed by atoms with Crippen LogP contribution >= 0.6 is 24.0 Å². The van der Waals surface area contributed by atoms with Gasteiger partial charge in [0, 0.05) is 44.9 Å². The number of guanidine groups is 1. The predicted molar refractivity (Wildman–Crippen MR) is 130 cm³/mol. The van der Waals surface area contributed by atoms with E-state index >= 15 is 0 Å². The van der Waals surface area contributed by atoms with Gasteiger partial charge in [-0.1, -0.05) is 6.07 Å². The zero-order chi connectivity index (χ0) is 19.7. The molecule has 0 amide bonds. The van der Waals surface area contributed by atoms with Crippen LogP contribution < -0.4 is 15.5 Å². The van der Waals surface area contributed by atoms with E-state index in [2.05, 4.69) is 26.6 Å². The highest BCUT2D eigenvalue weighted by Gasteiger charge is 2.24.